The van der Waals surface area contributed by atoms with Gasteiger partial charge >= 0.3 is 5.97 Å². The van der Waals surface area contributed by atoms with Crippen LogP contribution in [0, 0.1) is 17.0 Å². The van der Waals surface area contributed by atoms with Crippen molar-refractivity contribution in [3.63, 3.8) is 0 Å². The minimum absolute atomic E-state index is 0.0947. The summed E-state index contributed by atoms with van der Waals surface area (Å²) in [6.45, 7) is 2.93. The van der Waals surface area contributed by atoms with Gasteiger partial charge in [-0.2, -0.15) is 0 Å². The third-order valence-corrected chi connectivity index (χ3v) is 2.39. The van der Waals surface area contributed by atoms with Gasteiger partial charge in [-0.25, -0.2) is 0 Å². The summed E-state index contributed by atoms with van der Waals surface area (Å²) < 4.78 is 0. The first-order valence-electron chi connectivity index (χ1n) is 5.11. The van der Waals surface area contributed by atoms with E-state index in [0.717, 1.165) is 6.07 Å². The highest BCUT2D eigenvalue weighted by Crippen LogP contribution is 2.17. The van der Waals surface area contributed by atoms with Gasteiger partial charge in [0.15, 0.2) is 0 Å². The van der Waals surface area contributed by atoms with E-state index in [1.807, 2.05) is 0 Å². The number of aliphatic carboxylic acids is 1. The maximum Gasteiger partial charge on any atom is 0.325 e. The summed E-state index contributed by atoms with van der Waals surface area (Å²) >= 11 is 0. The number of rotatable bonds is 4. The summed E-state index contributed by atoms with van der Waals surface area (Å²) in [5.74, 6) is -1.82. The van der Waals surface area contributed by atoms with Crippen LogP contribution in [0.25, 0.3) is 0 Å². The third-order valence-electron chi connectivity index (χ3n) is 2.39. The Morgan fingerprint density at radius 1 is 1.44 bits per heavy atom. The Balaban J connectivity index is 3.01. The van der Waals surface area contributed by atoms with E-state index < -0.39 is 22.8 Å². The van der Waals surface area contributed by atoms with Crippen molar-refractivity contribution in [2.75, 3.05) is 0 Å². The Morgan fingerprint density at radius 3 is 2.56 bits per heavy atom. The molecule has 1 aromatic rings. The number of amides is 1. The van der Waals surface area contributed by atoms with Gasteiger partial charge in [0.25, 0.3) is 11.6 Å². The molecule has 2 N–H and O–H groups in total. The van der Waals surface area contributed by atoms with Gasteiger partial charge in [-0.05, 0) is 19.4 Å². The molecule has 1 aromatic carbocycles. The van der Waals surface area contributed by atoms with E-state index in [-0.39, 0.29) is 11.3 Å². The van der Waals surface area contributed by atoms with Gasteiger partial charge in [0, 0.05) is 17.7 Å². The molecule has 1 amide bonds. The normalized spacial score (nSPS) is 11.7. The number of hydrogen-bond donors (Lipinski definition) is 2. The molecule has 0 aliphatic heterocycles. The lowest BCUT2D eigenvalue weighted by Crippen LogP contribution is -2.38. The summed E-state index contributed by atoms with van der Waals surface area (Å²) in [6.07, 6.45) is 0. The van der Waals surface area contributed by atoms with Crippen molar-refractivity contribution in [3.05, 3.63) is 39.4 Å². The van der Waals surface area contributed by atoms with Crippen LogP contribution in [-0.2, 0) is 4.79 Å². The largest absolute Gasteiger partial charge is 0.480 e. The van der Waals surface area contributed by atoms with Crippen molar-refractivity contribution < 1.29 is 19.6 Å². The van der Waals surface area contributed by atoms with Gasteiger partial charge in [0.05, 0.1) is 4.92 Å². The van der Waals surface area contributed by atoms with E-state index in [1.54, 1.807) is 6.92 Å². The molecular weight excluding hydrogens is 240 g/mol. The lowest BCUT2D eigenvalue weighted by atomic mass is 10.1. The highest BCUT2D eigenvalue weighted by molar-refractivity contribution is 5.98. The van der Waals surface area contributed by atoms with Gasteiger partial charge in [-0.15, -0.1) is 0 Å². The van der Waals surface area contributed by atoms with Gasteiger partial charge in [0.1, 0.15) is 6.04 Å². The van der Waals surface area contributed by atoms with E-state index in [0.29, 0.717) is 5.56 Å². The van der Waals surface area contributed by atoms with Crippen LogP contribution in [0.5, 0.6) is 0 Å². The average Bonchev–Trinajstić information content (AvgIpc) is 2.28. The zero-order chi connectivity index (χ0) is 13.9. The summed E-state index contributed by atoms with van der Waals surface area (Å²) in [6, 6.07) is 2.79. The molecule has 1 rings (SSSR count). The van der Waals surface area contributed by atoms with Crippen LogP contribution in [-0.4, -0.2) is 27.9 Å². The van der Waals surface area contributed by atoms with Crippen molar-refractivity contribution in [2.24, 2.45) is 0 Å². The Kier molecular flexibility index (Phi) is 3.98. The molecule has 0 aliphatic rings. The molecule has 1 atom stereocenters. The predicted molar refractivity (Wildman–Crippen MR) is 62.4 cm³/mol. The number of hydrogen-bond acceptors (Lipinski definition) is 4. The quantitative estimate of drug-likeness (QED) is 0.616. The molecule has 0 radical (unpaired) electrons. The van der Waals surface area contributed by atoms with E-state index in [1.165, 1.54) is 19.1 Å². The maximum atomic E-state index is 11.8. The number of nitrogens with one attached hydrogen (secondary N) is 1. The zero-order valence-corrected chi connectivity index (χ0v) is 9.84. The van der Waals surface area contributed by atoms with Crippen LogP contribution in [0.15, 0.2) is 18.2 Å². The third kappa shape index (κ3) is 3.03. The molecular formula is C11H12N2O5. The zero-order valence-electron chi connectivity index (χ0n) is 9.84. The topological polar surface area (TPSA) is 110 Å². The number of carbonyl (C=O) groups excluding carboxylic acids is 1. The number of benzene rings is 1. The maximum absolute atomic E-state index is 11.8. The molecule has 0 saturated carbocycles. The highest BCUT2D eigenvalue weighted by Gasteiger charge is 2.18. The monoisotopic (exact) mass is 252 g/mol. The second-order valence-electron chi connectivity index (χ2n) is 3.79. The second kappa shape index (κ2) is 5.26. The lowest BCUT2D eigenvalue weighted by Gasteiger charge is -2.10. The Bertz CT molecular complexity index is 512. The van der Waals surface area contributed by atoms with E-state index in [9.17, 15) is 19.7 Å². The Morgan fingerprint density at radius 2 is 2.06 bits per heavy atom. The molecule has 0 unspecified atom stereocenters. The van der Waals surface area contributed by atoms with E-state index >= 15 is 0 Å². The molecule has 96 valence electrons. The van der Waals surface area contributed by atoms with Crippen LogP contribution in [0.4, 0.5) is 5.69 Å². The number of nitro groups is 1. The predicted octanol–water partition coefficient (Wildman–Crippen LogP) is 1.11. The molecule has 7 nitrogen and oxygen atoms in total. The summed E-state index contributed by atoms with van der Waals surface area (Å²) in [7, 11) is 0. The minimum atomic E-state index is -1.17. The first kappa shape index (κ1) is 13.6. The van der Waals surface area contributed by atoms with Gasteiger partial charge < -0.3 is 10.4 Å². The van der Waals surface area contributed by atoms with Crippen molar-refractivity contribution in [2.45, 2.75) is 19.9 Å². The lowest BCUT2D eigenvalue weighted by molar-refractivity contribution is -0.384. The van der Waals surface area contributed by atoms with Gasteiger partial charge in [-0.3, -0.25) is 19.7 Å². The fourth-order valence-corrected chi connectivity index (χ4v) is 1.30. The SMILES string of the molecule is Cc1ccc([N+](=O)[O-])cc1C(=O)N[C@@H](C)C(=O)O. The molecule has 0 aliphatic carbocycles. The summed E-state index contributed by atoms with van der Waals surface area (Å²) in [5.41, 5.74) is 0.418. The summed E-state index contributed by atoms with van der Waals surface area (Å²) in [4.78, 5) is 32.3. The fourth-order valence-electron chi connectivity index (χ4n) is 1.30. The number of nitrogens with zero attached hydrogens (tertiary/aromatic N) is 1. The molecule has 7 heteroatoms. The second-order valence-corrected chi connectivity index (χ2v) is 3.79. The number of carbonyl (C=O) groups is 2. The molecule has 0 heterocycles. The standard InChI is InChI=1S/C11H12N2O5/c1-6-3-4-8(13(17)18)5-9(6)10(14)12-7(2)11(15)16/h3-5,7H,1-2H3,(H,12,14)(H,15,16)/t7-/m0/s1. The smallest absolute Gasteiger partial charge is 0.325 e. The first-order valence-corrected chi connectivity index (χ1v) is 5.11. The molecule has 18 heavy (non-hydrogen) atoms. The van der Waals surface area contributed by atoms with Crippen molar-refractivity contribution in [1.29, 1.82) is 0 Å². The number of carboxylic acid groups (broad SMARTS) is 1. The van der Waals surface area contributed by atoms with E-state index in [2.05, 4.69) is 5.32 Å². The number of non-ortho nitro benzene ring substituents is 1. The summed E-state index contributed by atoms with van der Waals surface area (Å²) in [5, 5.41) is 21.5. The number of aryl methyl sites for hydroxylation is 1. The molecule has 0 aromatic heterocycles. The molecule has 0 spiro atoms. The van der Waals surface area contributed by atoms with Crippen LogP contribution < -0.4 is 5.32 Å². The first-order chi connectivity index (χ1) is 8.32. The minimum Gasteiger partial charge on any atom is -0.480 e. The van der Waals surface area contributed by atoms with Crippen LogP contribution >= 0.6 is 0 Å². The average molecular weight is 252 g/mol. The molecule has 0 saturated heterocycles. The molecule has 0 bridgehead atoms. The van der Waals surface area contributed by atoms with Crippen LogP contribution in [0.2, 0.25) is 0 Å². The van der Waals surface area contributed by atoms with E-state index in [4.69, 9.17) is 5.11 Å². The highest BCUT2D eigenvalue weighted by atomic mass is 16.6. The van der Waals surface area contributed by atoms with Crippen molar-refractivity contribution in [1.82, 2.24) is 5.32 Å². The van der Waals surface area contributed by atoms with Gasteiger partial charge in [-0.1, -0.05) is 6.07 Å². The van der Waals surface area contributed by atoms with Crippen molar-refractivity contribution in [3.8, 4) is 0 Å². The molecule has 0 fully saturated rings. The van der Waals surface area contributed by atoms with Crippen LogP contribution in [0.1, 0.15) is 22.8 Å². The number of carboxylic acids is 1. The fraction of sp³-hybridized carbons (Fsp3) is 0.273. The number of nitro benzene ring substituents is 1. The van der Waals surface area contributed by atoms with Crippen molar-refractivity contribution >= 4 is 17.6 Å². The Hall–Kier alpha value is -2.44. The Labute approximate surface area is 103 Å². The van der Waals surface area contributed by atoms with Gasteiger partial charge in [0.2, 0.25) is 0 Å². The van der Waals surface area contributed by atoms with Crippen LogP contribution in [0.3, 0.4) is 0 Å².